The molecule has 1 N–H and O–H groups in total. The zero-order chi connectivity index (χ0) is 13.1. The van der Waals surface area contributed by atoms with Crippen LogP contribution in [0.5, 0.6) is 0 Å². The van der Waals surface area contributed by atoms with Gasteiger partial charge in [0.25, 0.3) is 0 Å². The number of nitrogens with zero attached hydrogens (tertiary/aromatic N) is 1. The van der Waals surface area contributed by atoms with Crippen LogP contribution < -0.4 is 0 Å². The van der Waals surface area contributed by atoms with Gasteiger partial charge in [0.2, 0.25) is 0 Å². The second kappa shape index (κ2) is 5.87. The minimum Gasteiger partial charge on any atom is -0.389 e. The monoisotopic (exact) mass is 257 g/mol. The lowest BCUT2D eigenvalue weighted by Crippen LogP contribution is -2.57. The summed E-state index contributed by atoms with van der Waals surface area (Å²) in [6.07, 6.45) is 3.61. The normalized spacial score (nSPS) is 25.5. The third-order valence-electron chi connectivity index (χ3n) is 4.57. The number of rotatable bonds is 4. The lowest BCUT2D eigenvalue weighted by molar-refractivity contribution is -0.162. The maximum absolute atomic E-state index is 10.5. The van der Waals surface area contributed by atoms with Gasteiger partial charge in [-0.15, -0.1) is 0 Å². The molecule has 2 rings (SSSR count). The van der Waals surface area contributed by atoms with E-state index in [-0.39, 0.29) is 5.60 Å². The van der Waals surface area contributed by atoms with Gasteiger partial charge in [0.1, 0.15) is 0 Å². The van der Waals surface area contributed by atoms with Gasteiger partial charge in [-0.1, -0.05) is 13.8 Å². The van der Waals surface area contributed by atoms with E-state index in [1.807, 2.05) is 0 Å². The molecule has 2 fully saturated rings. The van der Waals surface area contributed by atoms with E-state index in [0.717, 1.165) is 65.1 Å². The Labute approximate surface area is 110 Å². The van der Waals surface area contributed by atoms with E-state index < -0.39 is 5.60 Å². The first-order valence-electron chi connectivity index (χ1n) is 7.28. The Hall–Kier alpha value is -0.160. The van der Waals surface area contributed by atoms with Gasteiger partial charge in [-0.25, -0.2) is 0 Å². The van der Waals surface area contributed by atoms with Gasteiger partial charge >= 0.3 is 0 Å². The Bertz CT molecular complexity index is 254. The van der Waals surface area contributed by atoms with Crippen molar-refractivity contribution in [3.8, 4) is 0 Å². The van der Waals surface area contributed by atoms with Gasteiger partial charge in [0.15, 0.2) is 0 Å². The van der Waals surface area contributed by atoms with Gasteiger partial charge in [-0.05, 0) is 12.8 Å². The molecule has 0 aromatic heterocycles. The second-order valence-electron chi connectivity index (χ2n) is 5.79. The molecule has 0 saturated carbocycles. The van der Waals surface area contributed by atoms with Crippen molar-refractivity contribution in [2.75, 3.05) is 39.5 Å². The number of hydrogen-bond donors (Lipinski definition) is 1. The van der Waals surface area contributed by atoms with E-state index in [4.69, 9.17) is 9.47 Å². The minimum atomic E-state index is -0.538. The van der Waals surface area contributed by atoms with E-state index >= 15 is 0 Å². The second-order valence-corrected chi connectivity index (χ2v) is 5.79. The van der Waals surface area contributed by atoms with E-state index in [2.05, 4.69) is 18.7 Å². The molecule has 4 nitrogen and oxygen atoms in total. The molecule has 2 saturated heterocycles. The molecule has 106 valence electrons. The maximum Gasteiger partial charge on any atom is 0.0853 e. The molecule has 0 atom stereocenters. The Morgan fingerprint density at radius 2 is 1.83 bits per heavy atom. The van der Waals surface area contributed by atoms with Crippen LogP contribution in [0.4, 0.5) is 0 Å². The summed E-state index contributed by atoms with van der Waals surface area (Å²) in [6.45, 7) is 9.17. The fourth-order valence-corrected chi connectivity index (χ4v) is 2.99. The predicted octanol–water partition coefficient (Wildman–Crippen LogP) is 1.42. The lowest BCUT2D eigenvalue weighted by Gasteiger charge is -2.46. The fraction of sp³-hybridized carbons (Fsp3) is 1.00. The first-order valence-corrected chi connectivity index (χ1v) is 7.28. The summed E-state index contributed by atoms with van der Waals surface area (Å²) in [5.74, 6) is 0. The summed E-state index contributed by atoms with van der Waals surface area (Å²) in [5, 5.41) is 10.5. The molecule has 18 heavy (non-hydrogen) atoms. The predicted molar refractivity (Wildman–Crippen MR) is 70.7 cm³/mol. The van der Waals surface area contributed by atoms with Gasteiger partial charge in [-0.3, -0.25) is 4.90 Å². The van der Waals surface area contributed by atoms with E-state index in [0.29, 0.717) is 0 Å². The molecule has 0 bridgehead atoms. The molecule has 0 amide bonds. The molecular weight excluding hydrogens is 230 g/mol. The number of ether oxygens (including phenoxy) is 2. The highest BCUT2D eigenvalue weighted by atomic mass is 16.5. The first-order chi connectivity index (χ1) is 8.61. The molecule has 0 aliphatic carbocycles. The largest absolute Gasteiger partial charge is 0.389 e. The van der Waals surface area contributed by atoms with Crippen molar-refractivity contribution in [1.82, 2.24) is 4.90 Å². The zero-order valence-electron chi connectivity index (χ0n) is 11.8. The number of aliphatic hydroxyl groups is 1. The van der Waals surface area contributed by atoms with Crippen molar-refractivity contribution in [2.24, 2.45) is 0 Å². The number of morpholine rings is 1. The van der Waals surface area contributed by atoms with Gasteiger partial charge in [0, 0.05) is 45.7 Å². The van der Waals surface area contributed by atoms with Crippen LogP contribution in [-0.2, 0) is 9.47 Å². The Kier molecular flexibility index (Phi) is 4.64. The third-order valence-corrected chi connectivity index (χ3v) is 4.57. The Balaban J connectivity index is 1.94. The van der Waals surface area contributed by atoms with Crippen molar-refractivity contribution in [2.45, 2.75) is 50.7 Å². The molecule has 1 spiro atoms. The first kappa shape index (κ1) is 14.3. The summed E-state index contributed by atoms with van der Waals surface area (Å²) in [4.78, 5) is 2.38. The molecular formula is C14H27NO3. The van der Waals surface area contributed by atoms with Crippen LogP contribution in [0, 0.1) is 0 Å². The summed E-state index contributed by atoms with van der Waals surface area (Å²) < 4.78 is 11.4. The molecule has 2 aliphatic heterocycles. The van der Waals surface area contributed by atoms with Crippen LogP contribution in [0.2, 0.25) is 0 Å². The highest BCUT2D eigenvalue weighted by molar-refractivity contribution is 4.92. The van der Waals surface area contributed by atoms with Gasteiger partial charge in [-0.2, -0.15) is 0 Å². The average Bonchev–Trinajstić information content (AvgIpc) is 2.39. The molecule has 0 radical (unpaired) electrons. The van der Waals surface area contributed by atoms with E-state index in [1.165, 1.54) is 0 Å². The van der Waals surface area contributed by atoms with E-state index in [1.54, 1.807) is 0 Å². The topological polar surface area (TPSA) is 41.9 Å². The van der Waals surface area contributed by atoms with Gasteiger partial charge < -0.3 is 14.6 Å². The van der Waals surface area contributed by atoms with Gasteiger partial charge in [0.05, 0.1) is 17.8 Å². The smallest absolute Gasteiger partial charge is 0.0853 e. The van der Waals surface area contributed by atoms with Crippen LogP contribution in [0.1, 0.15) is 39.5 Å². The average molecular weight is 257 g/mol. The zero-order valence-corrected chi connectivity index (χ0v) is 11.8. The van der Waals surface area contributed by atoms with Crippen LogP contribution in [0.15, 0.2) is 0 Å². The fourth-order valence-electron chi connectivity index (χ4n) is 2.99. The molecule has 0 aromatic carbocycles. The Morgan fingerprint density at radius 3 is 2.44 bits per heavy atom. The maximum atomic E-state index is 10.5. The van der Waals surface area contributed by atoms with Crippen molar-refractivity contribution in [3.05, 3.63) is 0 Å². The summed E-state index contributed by atoms with van der Waals surface area (Å²) in [7, 11) is 0. The molecule has 2 aliphatic rings. The van der Waals surface area contributed by atoms with Crippen LogP contribution in [-0.4, -0.2) is 60.7 Å². The van der Waals surface area contributed by atoms with Crippen molar-refractivity contribution < 1.29 is 14.6 Å². The summed E-state index contributed by atoms with van der Waals surface area (Å²) >= 11 is 0. The molecule has 4 heteroatoms. The minimum absolute atomic E-state index is 0.0150. The van der Waals surface area contributed by atoms with Crippen LogP contribution >= 0.6 is 0 Å². The number of β-amino-alcohol motifs (C(OH)–C–C–N with tert-alkyl or cyclic N) is 1. The summed E-state index contributed by atoms with van der Waals surface area (Å²) in [6, 6.07) is 0. The lowest BCUT2D eigenvalue weighted by atomic mass is 9.90. The number of hydrogen-bond acceptors (Lipinski definition) is 4. The van der Waals surface area contributed by atoms with Crippen molar-refractivity contribution in [3.63, 3.8) is 0 Å². The highest BCUT2D eigenvalue weighted by Gasteiger charge is 2.39. The molecule has 0 unspecified atom stereocenters. The van der Waals surface area contributed by atoms with E-state index in [9.17, 15) is 5.11 Å². The standard InChI is InChI=1S/C14H27NO3/c1-3-13(16,4-2)11-15-7-10-18-14(12-15)5-8-17-9-6-14/h16H,3-12H2,1-2H3. The summed E-state index contributed by atoms with van der Waals surface area (Å²) in [5.41, 5.74) is -0.553. The molecule has 0 aromatic rings. The Morgan fingerprint density at radius 1 is 1.17 bits per heavy atom. The SMILES string of the molecule is CCC(O)(CC)CN1CCOC2(CCOCC2)C1. The molecule has 2 heterocycles. The van der Waals surface area contributed by atoms with Crippen molar-refractivity contribution in [1.29, 1.82) is 0 Å². The quantitative estimate of drug-likeness (QED) is 0.827. The highest BCUT2D eigenvalue weighted by Crippen LogP contribution is 2.30. The van der Waals surface area contributed by atoms with Crippen LogP contribution in [0.3, 0.4) is 0 Å². The van der Waals surface area contributed by atoms with Crippen LogP contribution in [0.25, 0.3) is 0 Å². The third kappa shape index (κ3) is 3.23. The van der Waals surface area contributed by atoms with Crippen molar-refractivity contribution >= 4 is 0 Å².